The molecule has 0 saturated heterocycles. The topological polar surface area (TPSA) is 60.7 Å². The van der Waals surface area contributed by atoms with Crippen molar-refractivity contribution in [1.82, 2.24) is 0 Å². The molecule has 3 heteroatoms. The summed E-state index contributed by atoms with van der Waals surface area (Å²) in [5.74, 6) is 0.0190. The van der Waals surface area contributed by atoms with Gasteiger partial charge in [0.1, 0.15) is 17.2 Å². The molecular formula is C25H28O3. The lowest BCUT2D eigenvalue weighted by molar-refractivity contribution is 0.449. The van der Waals surface area contributed by atoms with Gasteiger partial charge in [0.25, 0.3) is 0 Å². The standard InChI is InChI=1S/C25H28O3/c1-13-7-16(4)22(19(26)10-13)25(23-17(5)8-14(2)11-20(23)27)24-18(6)9-15(3)12-21(24)28/h7-12,25-28H,1-6H3. The van der Waals surface area contributed by atoms with Gasteiger partial charge in [0.2, 0.25) is 0 Å². The van der Waals surface area contributed by atoms with E-state index in [-0.39, 0.29) is 17.2 Å². The van der Waals surface area contributed by atoms with Crippen molar-refractivity contribution < 1.29 is 15.3 Å². The van der Waals surface area contributed by atoms with Crippen LogP contribution in [0.2, 0.25) is 0 Å². The average Bonchev–Trinajstić information content (AvgIpc) is 2.51. The summed E-state index contributed by atoms with van der Waals surface area (Å²) in [5, 5.41) is 32.6. The predicted molar refractivity (Wildman–Crippen MR) is 114 cm³/mol. The highest BCUT2D eigenvalue weighted by atomic mass is 16.3. The number of aromatic hydroxyl groups is 3. The van der Waals surface area contributed by atoms with E-state index in [0.717, 1.165) is 33.4 Å². The van der Waals surface area contributed by atoms with E-state index >= 15 is 0 Å². The average molecular weight is 376 g/mol. The summed E-state index contributed by atoms with van der Waals surface area (Å²) in [7, 11) is 0. The van der Waals surface area contributed by atoms with Crippen LogP contribution in [-0.4, -0.2) is 15.3 Å². The van der Waals surface area contributed by atoms with Gasteiger partial charge >= 0.3 is 0 Å². The van der Waals surface area contributed by atoms with Crippen LogP contribution < -0.4 is 0 Å². The van der Waals surface area contributed by atoms with Crippen molar-refractivity contribution in [3.8, 4) is 17.2 Å². The van der Waals surface area contributed by atoms with Crippen LogP contribution in [0.15, 0.2) is 36.4 Å². The fourth-order valence-electron chi connectivity index (χ4n) is 4.43. The molecule has 3 nitrogen and oxygen atoms in total. The van der Waals surface area contributed by atoms with E-state index in [0.29, 0.717) is 16.7 Å². The molecule has 0 amide bonds. The third-order valence-corrected chi connectivity index (χ3v) is 5.39. The maximum absolute atomic E-state index is 10.9. The van der Waals surface area contributed by atoms with Gasteiger partial charge in [-0.15, -0.1) is 0 Å². The van der Waals surface area contributed by atoms with Crippen molar-refractivity contribution in [1.29, 1.82) is 0 Å². The summed E-state index contributed by atoms with van der Waals surface area (Å²) >= 11 is 0. The lowest BCUT2D eigenvalue weighted by atomic mass is 9.77. The number of benzene rings is 3. The first-order valence-electron chi connectivity index (χ1n) is 9.50. The van der Waals surface area contributed by atoms with Crippen LogP contribution in [0.3, 0.4) is 0 Å². The molecule has 3 rings (SSSR count). The Hall–Kier alpha value is -2.94. The second-order valence-corrected chi connectivity index (χ2v) is 7.98. The Bertz CT molecular complexity index is 858. The number of aryl methyl sites for hydroxylation is 6. The molecule has 146 valence electrons. The molecule has 0 saturated carbocycles. The van der Waals surface area contributed by atoms with Crippen LogP contribution in [0, 0.1) is 41.5 Å². The van der Waals surface area contributed by atoms with Crippen molar-refractivity contribution in [2.75, 3.05) is 0 Å². The molecule has 28 heavy (non-hydrogen) atoms. The molecular weight excluding hydrogens is 348 g/mol. The van der Waals surface area contributed by atoms with Crippen molar-refractivity contribution >= 4 is 0 Å². The fraction of sp³-hybridized carbons (Fsp3) is 0.280. The molecule has 0 bridgehead atoms. The van der Waals surface area contributed by atoms with E-state index in [1.165, 1.54) is 0 Å². The fourth-order valence-corrected chi connectivity index (χ4v) is 4.43. The van der Waals surface area contributed by atoms with Gasteiger partial charge in [0.15, 0.2) is 0 Å². The Morgan fingerprint density at radius 1 is 0.464 bits per heavy atom. The number of hydrogen-bond acceptors (Lipinski definition) is 3. The van der Waals surface area contributed by atoms with E-state index in [1.54, 1.807) is 18.2 Å². The smallest absolute Gasteiger partial charge is 0.120 e. The second kappa shape index (κ2) is 7.23. The van der Waals surface area contributed by atoms with Crippen LogP contribution in [0.5, 0.6) is 17.2 Å². The van der Waals surface area contributed by atoms with Crippen LogP contribution in [0.25, 0.3) is 0 Å². The van der Waals surface area contributed by atoms with Crippen molar-refractivity contribution in [2.45, 2.75) is 47.5 Å². The zero-order valence-corrected chi connectivity index (χ0v) is 17.4. The van der Waals surface area contributed by atoms with Gasteiger partial charge in [0, 0.05) is 22.6 Å². The van der Waals surface area contributed by atoms with Gasteiger partial charge in [-0.3, -0.25) is 0 Å². The zero-order valence-electron chi connectivity index (χ0n) is 17.4. The van der Waals surface area contributed by atoms with E-state index < -0.39 is 5.92 Å². The summed E-state index contributed by atoms with van der Waals surface area (Å²) in [6.07, 6.45) is 0. The molecule has 3 N–H and O–H groups in total. The molecule has 0 aliphatic rings. The molecule has 0 radical (unpaired) electrons. The first-order valence-corrected chi connectivity index (χ1v) is 9.50. The third kappa shape index (κ3) is 3.45. The lowest BCUT2D eigenvalue weighted by Gasteiger charge is -2.27. The predicted octanol–water partition coefficient (Wildman–Crippen LogP) is 5.83. The Kier molecular flexibility index (Phi) is 5.12. The van der Waals surface area contributed by atoms with Gasteiger partial charge in [-0.25, -0.2) is 0 Å². The highest BCUT2D eigenvalue weighted by Crippen LogP contribution is 2.47. The highest BCUT2D eigenvalue weighted by Gasteiger charge is 2.30. The first kappa shape index (κ1) is 19.8. The minimum absolute atomic E-state index is 0.168. The van der Waals surface area contributed by atoms with Crippen molar-refractivity contribution in [3.63, 3.8) is 0 Å². The molecule has 0 fully saturated rings. The minimum atomic E-state index is -0.484. The molecule has 0 heterocycles. The largest absolute Gasteiger partial charge is 0.508 e. The van der Waals surface area contributed by atoms with Gasteiger partial charge in [-0.2, -0.15) is 0 Å². The van der Waals surface area contributed by atoms with E-state index in [2.05, 4.69) is 0 Å². The third-order valence-electron chi connectivity index (χ3n) is 5.39. The second-order valence-electron chi connectivity index (χ2n) is 7.98. The summed E-state index contributed by atoms with van der Waals surface area (Å²) in [6.45, 7) is 11.7. The van der Waals surface area contributed by atoms with Crippen LogP contribution >= 0.6 is 0 Å². The Morgan fingerprint density at radius 2 is 0.714 bits per heavy atom. The maximum atomic E-state index is 10.9. The molecule has 3 aromatic carbocycles. The number of phenolic OH excluding ortho intramolecular Hbond substituents is 3. The van der Waals surface area contributed by atoms with Crippen LogP contribution in [-0.2, 0) is 0 Å². The Labute approximate surface area is 166 Å². The van der Waals surface area contributed by atoms with E-state index in [4.69, 9.17) is 0 Å². The van der Waals surface area contributed by atoms with Crippen LogP contribution in [0.1, 0.15) is 56.0 Å². The number of phenols is 3. The molecule has 0 aliphatic heterocycles. The number of rotatable bonds is 3. The van der Waals surface area contributed by atoms with Crippen LogP contribution in [0.4, 0.5) is 0 Å². The lowest BCUT2D eigenvalue weighted by Crippen LogP contribution is -2.11. The SMILES string of the molecule is Cc1cc(C)c(C(c2c(C)cc(C)cc2O)c2c(C)cc(C)cc2O)c(O)c1. The summed E-state index contributed by atoms with van der Waals surface area (Å²) in [4.78, 5) is 0. The summed E-state index contributed by atoms with van der Waals surface area (Å²) < 4.78 is 0. The highest BCUT2D eigenvalue weighted by molar-refractivity contribution is 5.62. The normalized spacial score (nSPS) is 11.2. The van der Waals surface area contributed by atoms with E-state index in [1.807, 2.05) is 59.7 Å². The van der Waals surface area contributed by atoms with Gasteiger partial charge in [-0.1, -0.05) is 18.2 Å². The molecule has 3 aromatic rings. The zero-order chi connectivity index (χ0) is 20.7. The van der Waals surface area contributed by atoms with Gasteiger partial charge in [-0.05, 0) is 93.1 Å². The first-order chi connectivity index (χ1) is 13.1. The number of hydrogen-bond donors (Lipinski definition) is 3. The monoisotopic (exact) mass is 376 g/mol. The molecule has 0 spiro atoms. The van der Waals surface area contributed by atoms with Crippen molar-refractivity contribution in [3.05, 3.63) is 86.5 Å². The molecule has 0 aliphatic carbocycles. The summed E-state index contributed by atoms with van der Waals surface area (Å²) in [6, 6.07) is 11.2. The molecule has 0 atom stereocenters. The Morgan fingerprint density at radius 3 is 0.929 bits per heavy atom. The molecule has 0 unspecified atom stereocenters. The Balaban J connectivity index is 2.45. The van der Waals surface area contributed by atoms with Gasteiger partial charge in [0.05, 0.1) is 0 Å². The van der Waals surface area contributed by atoms with Crippen molar-refractivity contribution in [2.24, 2.45) is 0 Å². The summed E-state index contributed by atoms with van der Waals surface area (Å²) in [5.41, 5.74) is 7.76. The van der Waals surface area contributed by atoms with E-state index in [9.17, 15) is 15.3 Å². The van der Waals surface area contributed by atoms with Gasteiger partial charge < -0.3 is 15.3 Å². The minimum Gasteiger partial charge on any atom is -0.508 e. The maximum Gasteiger partial charge on any atom is 0.120 e. The molecule has 0 aromatic heterocycles. The quantitative estimate of drug-likeness (QED) is 0.504.